The number of quaternary nitrogens is 2. The van der Waals surface area contributed by atoms with Gasteiger partial charge in [0.2, 0.25) is 0 Å². The zero-order valence-electron chi connectivity index (χ0n) is 14.5. The van der Waals surface area contributed by atoms with Crippen molar-refractivity contribution in [2.24, 2.45) is 0 Å². The Morgan fingerprint density at radius 3 is 2.09 bits per heavy atom. The largest absolute Gasteiger partial charge is 0.496 e. The minimum absolute atomic E-state index is 0.712. The van der Waals surface area contributed by atoms with E-state index in [1.807, 2.05) is 12.1 Å². The van der Waals surface area contributed by atoms with Crippen molar-refractivity contribution < 1.29 is 24.0 Å². The van der Waals surface area contributed by atoms with Crippen molar-refractivity contribution in [3.8, 4) is 17.2 Å². The number of methoxy groups -OCH3 is 3. The fraction of sp³-hybridized carbons (Fsp3) is 0.647. The highest BCUT2D eigenvalue weighted by atomic mass is 16.5. The molecule has 0 saturated carbocycles. The third-order valence-electron chi connectivity index (χ3n) is 4.79. The maximum atomic E-state index is 5.54. The molecule has 0 aromatic heterocycles. The summed E-state index contributed by atoms with van der Waals surface area (Å²) in [5.41, 5.74) is 1.17. The maximum absolute atomic E-state index is 5.54. The van der Waals surface area contributed by atoms with Gasteiger partial charge in [-0.1, -0.05) is 0 Å². The zero-order valence-corrected chi connectivity index (χ0v) is 14.5. The molecule has 2 rings (SSSR count). The number of likely N-dealkylation sites (tertiary alicyclic amines) is 1. The van der Waals surface area contributed by atoms with Crippen LogP contribution in [0.1, 0.15) is 18.4 Å². The van der Waals surface area contributed by atoms with Gasteiger partial charge in [0.1, 0.15) is 12.3 Å². The molecule has 22 heavy (non-hydrogen) atoms. The Bertz CT molecular complexity index is 485. The first kappa shape index (κ1) is 16.9. The van der Waals surface area contributed by atoms with E-state index in [9.17, 15) is 0 Å². The van der Waals surface area contributed by atoms with Crippen molar-refractivity contribution >= 4 is 0 Å². The Morgan fingerprint density at radius 1 is 1.00 bits per heavy atom. The van der Waals surface area contributed by atoms with Crippen LogP contribution in [0.3, 0.4) is 0 Å². The molecule has 0 bridgehead atoms. The summed E-state index contributed by atoms with van der Waals surface area (Å²) in [5.74, 6) is 2.35. The number of nitrogens with one attached hydrogen (secondary N) is 2. The molecule has 0 aliphatic carbocycles. The molecule has 1 fully saturated rings. The van der Waals surface area contributed by atoms with E-state index in [-0.39, 0.29) is 0 Å². The minimum atomic E-state index is 0.712. The summed E-state index contributed by atoms with van der Waals surface area (Å²) in [6.45, 7) is 3.48. The minimum Gasteiger partial charge on any atom is -0.496 e. The van der Waals surface area contributed by atoms with Crippen LogP contribution in [0.2, 0.25) is 0 Å². The van der Waals surface area contributed by atoms with Crippen molar-refractivity contribution in [3.63, 3.8) is 0 Å². The average molecular weight is 310 g/mol. The first-order valence-corrected chi connectivity index (χ1v) is 8.01. The van der Waals surface area contributed by atoms with E-state index in [1.165, 1.54) is 36.4 Å². The van der Waals surface area contributed by atoms with Crippen molar-refractivity contribution in [1.82, 2.24) is 0 Å². The van der Waals surface area contributed by atoms with Gasteiger partial charge in [-0.2, -0.15) is 0 Å². The third-order valence-corrected chi connectivity index (χ3v) is 4.79. The molecule has 0 amide bonds. The molecule has 1 saturated heterocycles. The van der Waals surface area contributed by atoms with Crippen molar-refractivity contribution in [2.45, 2.75) is 25.4 Å². The van der Waals surface area contributed by atoms with Crippen molar-refractivity contribution in [3.05, 3.63) is 17.7 Å². The highest BCUT2D eigenvalue weighted by Crippen LogP contribution is 2.34. The molecule has 0 radical (unpaired) electrons. The van der Waals surface area contributed by atoms with E-state index >= 15 is 0 Å². The smallest absolute Gasteiger partial charge is 0.164 e. The van der Waals surface area contributed by atoms with Crippen molar-refractivity contribution in [2.75, 3.05) is 48.5 Å². The second-order valence-electron chi connectivity index (χ2n) is 6.27. The molecule has 1 atom stereocenters. The van der Waals surface area contributed by atoms with Crippen LogP contribution < -0.4 is 24.0 Å². The van der Waals surface area contributed by atoms with Crippen LogP contribution in [-0.4, -0.2) is 54.6 Å². The predicted octanol–water partition coefficient (Wildman–Crippen LogP) is -0.596. The quantitative estimate of drug-likeness (QED) is 0.737. The number of benzene rings is 1. The molecule has 124 valence electrons. The van der Waals surface area contributed by atoms with E-state index in [4.69, 9.17) is 14.2 Å². The standard InChI is InChI=1S/C17H28N2O3/c1-18-8-6-14(7-9-18)19(2)12-13-10-16(21-4)17(22-5)11-15(13)20-3/h10-11,14H,6-9,12H2,1-5H3/p+2. The van der Waals surface area contributed by atoms with Gasteiger partial charge in [-0.3, -0.25) is 0 Å². The topological polar surface area (TPSA) is 36.6 Å². The zero-order chi connectivity index (χ0) is 16.1. The number of ether oxygens (including phenoxy) is 3. The highest BCUT2D eigenvalue weighted by molar-refractivity contribution is 5.50. The summed E-state index contributed by atoms with van der Waals surface area (Å²) in [6.07, 6.45) is 2.57. The van der Waals surface area contributed by atoms with E-state index in [2.05, 4.69) is 14.1 Å². The van der Waals surface area contributed by atoms with Gasteiger partial charge in [0, 0.05) is 18.9 Å². The molecule has 2 N–H and O–H groups in total. The molecule has 1 aromatic carbocycles. The van der Waals surface area contributed by atoms with Crippen LogP contribution in [0.5, 0.6) is 17.2 Å². The monoisotopic (exact) mass is 310 g/mol. The first-order valence-electron chi connectivity index (χ1n) is 8.01. The SMILES string of the molecule is COc1cc(OC)c(OC)cc1C[NH+](C)C1CC[NH+](C)CC1. The van der Waals surface area contributed by atoms with Crippen LogP contribution >= 0.6 is 0 Å². The Morgan fingerprint density at radius 2 is 1.55 bits per heavy atom. The molecule has 1 aromatic rings. The van der Waals surface area contributed by atoms with Crippen LogP contribution in [0.15, 0.2) is 12.1 Å². The predicted molar refractivity (Wildman–Crippen MR) is 86.3 cm³/mol. The Labute approximate surface area is 133 Å². The number of hydrogen-bond donors (Lipinski definition) is 2. The molecule has 5 nitrogen and oxygen atoms in total. The molecule has 1 aliphatic rings. The van der Waals surface area contributed by atoms with E-state index < -0.39 is 0 Å². The Balaban J connectivity index is 2.13. The van der Waals surface area contributed by atoms with Gasteiger partial charge in [0.15, 0.2) is 11.5 Å². The maximum Gasteiger partial charge on any atom is 0.164 e. The van der Waals surface area contributed by atoms with Gasteiger partial charge in [-0.15, -0.1) is 0 Å². The van der Waals surface area contributed by atoms with Crippen LogP contribution in [0, 0.1) is 0 Å². The molecule has 0 spiro atoms. The number of rotatable bonds is 6. The van der Waals surface area contributed by atoms with Gasteiger partial charge < -0.3 is 24.0 Å². The van der Waals surface area contributed by atoms with Gasteiger partial charge in [-0.05, 0) is 6.07 Å². The second-order valence-corrected chi connectivity index (χ2v) is 6.27. The van der Waals surface area contributed by atoms with Gasteiger partial charge in [0.05, 0.1) is 60.1 Å². The lowest BCUT2D eigenvalue weighted by atomic mass is 10.0. The molecule has 1 aliphatic heterocycles. The molecular formula is C17H30N2O3+2. The first-order chi connectivity index (χ1) is 10.6. The molecular weight excluding hydrogens is 280 g/mol. The Hall–Kier alpha value is -1.46. The summed E-state index contributed by atoms with van der Waals surface area (Å²) in [4.78, 5) is 3.19. The van der Waals surface area contributed by atoms with Crippen molar-refractivity contribution in [1.29, 1.82) is 0 Å². The molecule has 1 unspecified atom stereocenters. The summed E-state index contributed by atoms with van der Waals surface area (Å²) < 4.78 is 16.3. The summed E-state index contributed by atoms with van der Waals surface area (Å²) in [5, 5.41) is 0. The van der Waals surface area contributed by atoms with Gasteiger partial charge in [0.25, 0.3) is 0 Å². The summed E-state index contributed by atoms with van der Waals surface area (Å²) >= 11 is 0. The fourth-order valence-electron chi connectivity index (χ4n) is 3.28. The lowest BCUT2D eigenvalue weighted by Gasteiger charge is -2.31. The van der Waals surface area contributed by atoms with E-state index in [0.29, 0.717) is 5.75 Å². The van der Waals surface area contributed by atoms with Crippen LogP contribution in [0.25, 0.3) is 0 Å². The summed E-state index contributed by atoms with van der Waals surface area (Å²) in [6, 6.07) is 4.68. The van der Waals surface area contributed by atoms with E-state index in [0.717, 1.165) is 24.1 Å². The normalized spacial score (nSPS) is 23.0. The number of piperidine rings is 1. The third kappa shape index (κ3) is 3.84. The second kappa shape index (κ2) is 7.70. The summed E-state index contributed by atoms with van der Waals surface area (Å²) in [7, 11) is 9.59. The lowest BCUT2D eigenvalue weighted by Crippen LogP contribution is -3.17. The van der Waals surface area contributed by atoms with Crippen LogP contribution in [-0.2, 0) is 6.54 Å². The van der Waals surface area contributed by atoms with Crippen LogP contribution in [0.4, 0.5) is 0 Å². The van der Waals surface area contributed by atoms with E-state index in [1.54, 1.807) is 26.2 Å². The molecule has 1 heterocycles. The Kier molecular flexibility index (Phi) is 5.91. The number of hydrogen-bond acceptors (Lipinski definition) is 3. The van der Waals surface area contributed by atoms with Gasteiger partial charge in [-0.25, -0.2) is 0 Å². The highest BCUT2D eigenvalue weighted by Gasteiger charge is 2.27. The van der Waals surface area contributed by atoms with Gasteiger partial charge >= 0.3 is 0 Å². The molecule has 5 heteroatoms. The fourth-order valence-corrected chi connectivity index (χ4v) is 3.28. The lowest BCUT2D eigenvalue weighted by molar-refractivity contribution is -0.948. The average Bonchev–Trinajstić information content (AvgIpc) is 2.54.